The molecule has 0 aromatic carbocycles. The van der Waals surface area contributed by atoms with Crippen LogP contribution in [0.25, 0.3) is 0 Å². The number of hydrogen-bond donors (Lipinski definition) is 2. The molecule has 0 saturated heterocycles. The van der Waals surface area contributed by atoms with E-state index >= 15 is 0 Å². The topological polar surface area (TPSA) is 64.9 Å². The maximum absolute atomic E-state index is 5.62. The van der Waals surface area contributed by atoms with Gasteiger partial charge in [-0.25, -0.2) is 4.98 Å². The lowest BCUT2D eigenvalue weighted by Gasteiger charge is -2.06. The Hall–Kier alpha value is -1.09. The zero-order valence-corrected chi connectivity index (χ0v) is 6.67. The highest BCUT2D eigenvalue weighted by molar-refractivity contribution is 5.44. The smallest absolute Gasteiger partial charge is 0.128 e. The number of rotatable bonds is 2. The fourth-order valence-electron chi connectivity index (χ4n) is 1.12. The molecule has 4 N–H and O–H groups in total. The van der Waals surface area contributed by atoms with Crippen molar-refractivity contribution < 1.29 is 0 Å². The predicted octanol–water partition coefficient (Wildman–Crippen LogP) is 0.685. The normalized spacial score (nSPS) is 10.0. The Morgan fingerprint density at radius 1 is 1.55 bits per heavy atom. The van der Waals surface area contributed by atoms with E-state index in [1.807, 2.05) is 6.07 Å². The van der Waals surface area contributed by atoms with Crippen LogP contribution in [0.4, 0.5) is 5.82 Å². The summed E-state index contributed by atoms with van der Waals surface area (Å²) in [6, 6.07) is 1.96. The average molecular weight is 151 g/mol. The number of nitrogens with zero attached hydrogens (tertiary/aromatic N) is 1. The molecular weight excluding hydrogens is 138 g/mol. The molecule has 0 fully saturated rings. The Labute approximate surface area is 66.4 Å². The van der Waals surface area contributed by atoms with Gasteiger partial charge in [0.15, 0.2) is 0 Å². The van der Waals surface area contributed by atoms with Crippen LogP contribution in [0.1, 0.15) is 18.1 Å². The molecule has 1 aromatic heterocycles. The molecular formula is C8H13N3. The molecule has 0 radical (unpaired) electrons. The summed E-state index contributed by atoms with van der Waals surface area (Å²) in [4.78, 5) is 3.96. The first-order valence-electron chi connectivity index (χ1n) is 3.71. The lowest BCUT2D eigenvalue weighted by atomic mass is 10.1. The van der Waals surface area contributed by atoms with Crippen LogP contribution in [-0.2, 0) is 13.0 Å². The molecule has 3 nitrogen and oxygen atoms in total. The standard InChI is InChI=1S/C8H13N3/c1-2-6-3-4-11-8(10)7(6)5-9/h3-4H,2,5,9H2,1H3,(H2,10,11). The summed E-state index contributed by atoms with van der Waals surface area (Å²) in [5, 5.41) is 0. The Bertz CT molecular complexity index is 245. The molecule has 0 atom stereocenters. The number of nitrogen functional groups attached to an aromatic ring is 1. The van der Waals surface area contributed by atoms with Gasteiger partial charge in [-0.05, 0) is 18.1 Å². The van der Waals surface area contributed by atoms with Crippen molar-refractivity contribution in [1.29, 1.82) is 0 Å². The lowest BCUT2D eigenvalue weighted by Crippen LogP contribution is -2.06. The minimum Gasteiger partial charge on any atom is -0.383 e. The van der Waals surface area contributed by atoms with Crippen molar-refractivity contribution >= 4 is 5.82 Å². The number of aromatic nitrogens is 1. The number of pyridine rings is 1. The van der Waals surface area contributed by atoms with E-state index < -0.39 is 0 Å². The van der Waals surface area contributed by atoms with Crippen LogP contribution in [0.2, 0.25) is 0 Å². The van der Waals surface area contributed by atoms with E-state index in [-0.39, 0.29) is 0 Å². The summed E-state index contributed by atoms with van der Waals surface area (Å²) in [6.45, 7) is 2.55. The molecule has 0 aliphatic rings. The Kier molecular flexibility index (Phi) is 2.44. The van der Waals surface area contributed by atoms with E-state index in [9.17, 15) is 0 Å². The van der Waals surface area contributed by atoms with Gasteiger partial charge in [-0.3, -0.25) is 0 Å². The molecule has 1 heterocycles. The third-order valence-corrected chi connectivity index (χ3v) is 1.77. The van der Waals surface area contributed by atoms with Crippen molar-refractivity contribution in [3.63, 3.8) is 0 Å². The molecule has 0 aliphatic heterocycles. The molecule has 1 aromatic rings. The highest BCUT2D eigenvalue weighted by Gasteiger charge is 2.02. The molecule has 0 amide bonds. The van der Waals surface area contributed by atoms with Crippen LogP contribution in [0, 0.1) is 0 Å². The van der Waals surface area contributed by atoms with Gasteiger partial charge in [-0.2, -0.15) is 0 Å². The quantitative estimate of drug-likeness (QED) is 0.653. The lowest BCUT2D eigenvalue weighted by molar-refractivity contribution is 0.989. The van der Waals surface area contributed by atoms with Crippen LogP contribution in [0.5, 0.6) is 0 Å². The molecule has 0 bridgehead atoms. The summed E-state index contributed by atoms with van der Waals surface area (Å²) in [7, 11) is 0. The molecule has 0 saturated carbocycles. The van der Waals surface area contributed by atoms with Gasteiger partial charge in [-0.1, -0.05) is 6.92 Å². The van der Waals surface area contributed by atoms with Crippen LogP contribution in [-0.4, -0.2) is 4.98 Å². The Morgan fingerprint density at radius 2 is 2.27 bits per heavy atom. The fraction of sp³-hybridized carbons (Fsp3) is 0.375. The van der Waals surface area contributed by atoms with E-state index in [1.54, 1.807) is 6.20 Å². The summed E-state index contributed by atoms with van der Waals surface area (Å²) >= 11 is 0. The van der Waals surface area contributed by atoms with Gasteiger partial charge in [0.2, 0.25) is 0 Å². The number of aryl methyl sites for hydroxylation is 1. The van der Waals surface area contributed by atoms with Gasteiger partial charge in [-0.15, -0.1) is 0 Å². The van der Waals surface area contributed by atoms with E-state index in [4.69, 9.17) is 11.5 Å². The summed E-state index contributed by atoms with van der Waals surface area (Å²) in [5.74, 6) is 0.562. The van der Waals surface area contributed by atoms with Crippen LogP contribution in [0.3, 0.4) is 0 Å². The highest BCUT2D eigenvalue weighted by atomic mass is 14.8. The Balaban J connectivity index is 3.13. The number of anilines is 1. The minimum absolute atomic E-state index is 0.475. The second kappa shape index (κ2) is 3.34. The van der Waals surface area contributed by atoms with Crippen LogP contribution in [0.15, 0.2) is 12.3 Å². The van der Waals surface area contributed by atoms with E-state index in [2.05, 4.69) is 11.9 Å². The van der Waals surface area contributed by atoms with E-state index in [1.165, 1.54) is 5.56 Å². The highest BCUT2D eigenvalue weighted by Crippen LogP contribution is 2.13. The van der Waals surface area contributed by atoms with Gasteiger partial charge in [0.1, 0.15) is 5.82 Å². The maximum Gasteiger partial charge on any atom is 0.128 e. The van der Waals surface area contributed by atoms with Crippen molar-refractivity contribution in [2.24, 2.45) is 5.73 Å². The molecule has 3 heteroatoms. The van der Waals surface area contributed by atoms with Gasteiger partial charge >= 0.3 is 0 Å². The second-order valence-corrected chi connectivity index (χ2v) is 2.39. The first-order valence-corrected chi connectivity index (χ1v) is 3.71. The second-order valence-electron chi connectivity index (χ2n) is 2.39. The summed E-state index contributed by atoms with van der Waals surface area (Å²) in [5.41, 5.74) is 13.3. The third-order valence-electron chi connectivity index (χ3n) is 1.77. The van der Waals surface area contributed by atoms with Crippen LogP contribution < -0.4 is 11.5 Å². The van der Waals surface area contributed by atoms with Crippen molar-refractivity contribution in [3.05, 3.63) is 23.4 Å². The van der Waals surface area contributed by atoms with Crippen molar-refractivity contribution in [1.82, 2.24) is 4.98 Å². The molecule has 0 unspecified atom stereocenters. The molecule has 60 valence electrons. The molecule has 11 heavy (non-hydrogen) atoms. The molecule has 0 spiro atoms. The zero-order chi connectivity index (χ0) is 8.27. The first-order chi connectivity index (χ1) is 5.29. The SMILES string of the molecule is CCc1ccnc(N)c1CN. The van der Waals surface area contributed by atoms with Crippen LogP contribution >= 0.6 is 0 Å². The minimum atomic E-state index is 0.475. The summed E-state index contributed by atoms with van der Waals surface area (Å²) in [6.07, 6.45) is 2.67. The van der Waals surface area contributed by atoms with Crippen molar-refractivity contribution in [3.8, 4) is 0 Å². The van der Waals surface area contributed by atoms with Gasteiger partial charge in [0.05, 0.1) is 0 Å². The van der Waals surface area contributed by atoms with Crippen molar-refractivity contribution in [2.75, 3.05) is 5.73 Å². The summed E-state index contributed by atoms with van der Waals surface area (Å²) < 4.78 is 0. The van der Waals surface area contributed by atoms with Crippen molar-refractivity contribution in [2.45, 2.75) is 19.9 Å². The largest absolute Gasteiger partial charge is 0.383 e. The Morgan fingerprint density at radius 3 is 2.73 bits per heavy atom. The molecule has 0 aliphatic carbocycles. The maximum atomic E-state index is 5.62. The van der Waals surface area contributed by atoms with Gasteiger partial charge in [0, 0.05) is 18.3 Å². The number of hydrogen-bond acceptors (Lipinski definition) is 3. The van der Waals surface area contributed by atoms with Gasteiger partial charge in [0.25, 0.3) is 0 Å². The average Bonchev–Trinajstić information content (AvgIpc) is 2.04. The molecule has 1 rings (SSSR count). The fourth-order valence-corrected chi connectivity index (χ4v) is 1.12. The zero-order valence-electron chi connectivity index (χ0n) is 6.67. The first kappa shape index (κ1) is 8.01. The monoisotopic (exact) mass is 151 g/mol. The number of nitrogens with two attached hydrogens (primary N) is 2. The predicted molar refractivity (Wildman–Crippen MR) is 45.9 cm³/mol. The van der Waals surface area contributed by atoms with E-state index in [0.29, 0.717) is 12.4 Å². The third kappa shape index (κ3) is 1.49. The van der Waals surface area contributed by atoms with Gasteiger partial charge < -0.3 is 11.5 Å². The van der Waals surface area contributed by atoms with E-state index in [0.717, 1.165) is 12.0 Å².